The van der Waals surface area contributed by atoms with Gasteiger partial charge in [0.25, 0.3) is 10.0 Å². The summed E-state index contributed by atoms with van der Waals surface area (Å²) in [7, 11) is -2.67. The lowest BCUT2D eigenvalue weighted by atomic mass is 9.49. The Labute approximate surface area is 245 Å². The third kappa shape index (κ3) is 3.89. The number of rotatable bonds is 8. The summed E-state index contributed by atoms with van der Waals surface area (Å²) in [5.41, 5.74) is -0.493. The highest BCUT2D eigenvalue weighted by molar-refractivity contribution is 7.89. The van der Waals surface area contributed by atoms with E-state index < -0.39 is 33.1 Å². The summed E-state index contributed by atoms with van der Waals surface area (Å²) in [4.78, 5) is 16.2. The van der Waals surface area contributed by atoms with E-state index in [-0.39, 0.29) is 46.2 Å². The molecule has 1 spiro atoms. The van der Waals surface area contributed by atoms with Gasteiger partial charge in [0.1, 0.15) is 5.75 Å². The van der Waals surface area contributed by atoms with E-state index in [4.69, 9.17) is 9.47 Å². The Morgan fingerprint density at radius 3 is 2.60 bits per heavy atom. The van der Waals surface area contributed by atoms with Gasteiger partial charge in [0, 0.05) is 36.2 Å². The first-order valence-electron chi connectivity index (χ1n) is 14.7. The largest absolute Gasteiger partial charge is 0.504 e. The van der Waals surface area contributed by atoms with Crippen LogP contribution in [-0.2, 0) is 26.7 Å². The Balaban J connectivity index is 1.41. The molecule has 0 aromatic heterocycles. The maximum absolute atomic E-state index is 13.8. The highest BCUT2D eigenvalue weighted by Crippen LogP contribution is 2.66. The van der Waals surface area contributed by atoms with Crippen molar-refractivity contribution >= 4 is 15.9 Å². The predicted octanol–water partition coefficient (Wildman–Crippen LogP) is 2.33. The molecule has 2 aromatic carbocycles. The maximum Gasteiger partial charge on any atom is 0.261 e. The second-order valence-corrected chi connectivity index (χ2v) is 14.4. The van der Waals surface area contributed by atoms with E-state index in [0.717, 1.165) is 17.7 Å². The predicted molar refractivity (Wildman–Crippen MR) is 154 cm³/mol. The Kier molecular flexibility index (Phi) is 6.14. The number of benzene rings is 2. The zero-order valence-electron chi connectivity index (χ0n) is 24.0. The van der Waals surface area contributed by atoms with Crippen LogP contribution in [0.3, 0.4) is 0 Å². The summed E-state index contributed by atoms with van der Waals surface area (Å²) in [6.45, 7) is 5.24. The van der Waals surface area contributed by atoms with Gasteiger partial charge in [-0.1, -0.05) is 6.07 Å². The number of nitrogens with one attached hydrogen (secondary N) is 2. The number of phenols is 1. The number of aromatic hydroxyl groups is 1. The molecule has 4 N–H and O–H groups in total. The number of hydrogen-bond acceptors (Lipinski definition) is 8. The zero-order valence-corrected chi connectivity index (χ0v) is 24.8. The van der Waals surface area contributed by atoms with E-state index in [1.165, 1.54) is 32.1 Å². The molecule has 10 nitrogen and oxygen atoms in total. The Morgan fingerprint density at radius 1 is 1.19 bits per heavy atom. The number of piperidine rings is 1. The van der Waals surface area contributed by atoms with Gasteiger partial charge in [-0.25, -0.2) is 8.42 Å². The molecule has 2 bridgehead atoms. The van der Waals surface area contributed by atoms with Crippen molar-refractivity contribution in [3.05, 3.63) is 58.8 Å². The number of amides is 1. The molecule has 0 unspecified atom stereocenters. The minimum Gasteiger partial charge on any atom is -0.504 e. The maximum atomic E-state index is 13.8. The van der Waals surface area contributed by atoms with E-state index in [2.05, 4.69) is 14.9 Å². The summed E-state index contributed by atoms with van der Waals surface area (Å²) in [6, 6.07) is 8.98. The fraction of sp³-hybridized carbons (Fsp3) is 0.516. The standard InChI is InChI=1S/C31H37N3O7S/c1-17(2)32-29(36)22-15-31(37)24-14-19-6-11-23(35)27-25(19)30(31,12-13-34(24)16-18-4-5-18)28(41-27)26(22)33-42(38,39)21-9-7-20(40-3)8-10-21/h6-11,17-18,24,28,33,35,37H,4-5,12-16H2,1-3H3,(H,32,36)/t24-,28+,30+,31-/m1/s1. The topological polar surface area (TPSA) is 137 Å². The second-order valence-electron chi connectivity index (χ2n) is 12.7. The minimum atomic E-state index is -4.17. The normalized spacial score (nSPS) is 29.6. The van der Waals surface area contributed by atoms with Crippen molar-refractivity contribution in [2.45, 2.75) is 80.1 Å². The molecule has 2 aromatic rings. The lowest BCUT2D eigenvalue weighted by Crippen LogP contribution is -2.76. The van der Waals surface area contributed by atoms with Crippen molar-refractivity contribution in [2.75, 3.05) is 20.2 Å². The van der Waals surface area contributed by atoms with E-state index in [1.54, 1.807) is 18.2 Å². The average Bonchev–Trinajstić information content (AvgIpc) is 3.69. The van der Waals surface area contributed by atoms with Gasteiger partial charge < -0.3 is 25.0 Å². The van der Waals surface area contributed by atoms with Gasteiger partial charge in [-0.15, -0.1) is 0 Å². The van der Waals surface area contributed by atoms with E-state index in [9.17, 15) is 23.4 Å². The van der Waals surface area contributed by atoms with Gasteiger partial charge in [-0.2, -0.15) is 0 Å². The summed E-state index contributed by atoms with van der Waals surface area (Å²) in [5.74, 6) is 0.850. The van der Waals surface area contributed by atoms with Crippen molar-refractivity contribution in [3.63, 3.8) is 0 Å². The van der Waals surface area contributed by atoms with Gasteiger partial charge in [-0.05, 0) is 87.9 Å². The molecule has 2 heterocycles. The molecular formula is C31H37N3O7S. The lowest BCUT2D eigenvalue weighted by Gasteiger charge is -2.63. The first kappa shape index (κ1) is 27.5. The third-order valence-corrected chi connectivity index (χ3v) is 11.2. The molecule has 1 amide bonds. The van der Waals surface area contributed by atoms with Crippen molar-refractivity contribution in [1.29, 1.82) is 0 Å². The van der Waals surface area contributed by atoms with Gasteiger partial charge in [0.2, 0.25) is 5.91 Å². The van der Waals surface area contributed by atoms with Crippen LogP contribution in [0, 0.1) is 5.92 Å². The molecular weight excluding hydrogens is 558 g/mol. The highest BCUT2D eigenvalue weighted by atomic mass is 32.2. The molecule has 224 valence electrons. The van der Waals surface area contributed by atoms with Gasteiger partial charge in [-0.3, -0.25) is 14.4 Å². The molecule has 11 heteroatoms. The van der Waals surface area contributed by atoms with E-state index in [0.29, 0.717) is 31.1 Å². The minimum absolute atomic E-state index is 0.00225. The Hall–Kier alpha value is -3.28. The number of nitrogens with zero attached hydrogens (tertiary/aromatic N) is 1. The Morgan fingerprint density at radius 2 is 1.93 bits per heavy atom. The number of likely N-dealkylation sites (tertiary alicyclic amines) is 1. The average molecular weight is 596 g/mol. The molecule has 0 radical (unpaired) electrons. The molecule has 2 aliphatic heterocycles. The number of sulfonamides is 1. The van der Waals surface area contributed by atoms with Crippen LogP contribution < -0.4 is 19.5 Å². The van der Waals surface area contributed by atoms with Crippen LogP contribution in [0.4, 0.5) is 0 Å². The number of aliphatic hydroxyl groups is 1. The fourth-order valence-corrected chi connectivity index (χ4v) is 8.95. The smallest absolute Gasteiger partial charge is 0.261 e. The lowest BCUT2D eigenvalue weighted by molar-refractivity contribution is -0.168. The molecule has 1 saturated carbocycles. The van der Waals surface area contributed by atoms with Crippen LogP contribution in [0.1, 0.15) is 50.7 Å². The first-order chi connectivity index (χ1) is 20.0. The van der Waals surface area contributed by atoms with Crippen LogP contribution in [0.2, 0.25) is 0 Å². The van der Waals surface area contributed by atoms with Crippen molar-refractivity contribution in [1.82, 2.24) is 14.9 Å². The van der Waals surface area contributed by atoms with Crippen molar-refractivity contribution in [3.8, 4) is 17.2 Å². The van der Waals surface area contributed by atoms with Crippen LogP contribution in [-0.4, -0.2) is 73.4 Å². The third-order valence-electron chi connectivity index (χ3n) is 9.85. The van der Waals surface area contributed by atoms with Crippen LogP contribution in [0.15, 0.2) is 52.6 Å². The van der Waals surface area contributed by atoms with Crippen LogP contribution >= 0.6 is 0 Å². The number of ether oxygens (including phenoxy) is 2. The summed E-state index contributed by atoms with van der Waals surface area (Å²) in [5, 5.41) is 26.8. The summed E-state index contributed by atoms with van der Waals surface area (Å²) in [6.07, 6.45) is 2.32. The molecule has 4 atom stereocenters. The Bertz CT molecular complexity index is 1600. The number of carbonyl (C=O) groups excluding carboxylic acids is 1. The second kappa shape index (κ2) is 9.36. The van der Waals surface area contributed by atoms with Gasteiger partial charge >= 0.3 is 0 Å². The number of methoxy groups -OCH3 is 1. The quantitative estimate of drug-likeness (QED) is 0.365. The van der Waals surface area contributed by atoms with Crippen LogP contribution in [0.25, 0.3) is 0 Å². The van der Waals surface area contributed by atoms with E-state index in [1.807, 2.05) is 19.9 Å². The number of phenolic OH excluding ortho intramolecular Hbond substituents is 1. The van der Waals surface area contributed by atoms with Gasteiger partial charge in [0.15, 0.2) is 17.6 Å². The summed E-state index contributed by atoms with van der Waals surface area (Å²) >= 11 is 0. The highest BCUT2D eigenvalue weighted by Gasteiger charge is 2.73. The molecule has 42 heavy (non-hydrogen) atoms. The molecule has 1 saturated heterocycles. The SMILES string of the molecule is COc1ccc(S(=O)(=O)NC2=C(C(=O)NC(C)C)C[C@@]3(O)[C@H]4Cc5ccc(O)c6c5[C@@]3(CCN4CC3CC3)[C@H]2O6)cc1. The van der Waals surface area contributed by atoms with E-state index >= 15 is 0 Å². The molecule has 5 aliphatic rings. The van der Waals surface area contributed by atoms with Crippen molar-refractivity contribution < 1.29 is 32.9 Å². The molecule has 7 rings (SSSR count). The van der Waals surface area contributed by atoms with Crippen molar-refractivity contribution in [2.24, 2.45) is 5.92 Å². The van der Waals surface area contributed by atoms with Gasteiger partial charge in [0.05, 0.1) is 28.7 Å². The summed E-state index contributed by atoms with van der Waals surface area (Å²) < 4.78 is 42.1. The first-order valence-corrected chi connectivity index (χ1v) is 16.2. The number of carbonyl (C=O) groups is 1. The monoisotopic (exact) mass is 595 g/mol. The molecule has 2 fully saturated rings. The van der Waals surface area contributed by atoms with Crippen LogP contribution in [0.5, 0.6) is 17.2 Å². The number of hydrogen-bond donors (Lipinski definition) is 4. The fourth-order valence-electron chi connectivity index (χ4n) is 7.82. The molecule has 3 aliphatic carbocycles. The zero-order chi connectivity index (χ0) is 29.6.